The number of hydrogen-bond acceptors (Lipinski definition) is 10. The van der Waals surface area contributed by atoms with Gasteiger partial charge in [0.2, 0.25) is 0 Å². The Kier molecular flexibility index (Phi) is 27.2. The second-order valence-corrected chi connectivity index (χ2v) is 13.0. The number of aliphatic hydroxyl groups excluding tert-OH is 4. The van der Waals surface area contributed by atoms with Crippen molar-refractivity contribution in [3.8, 4) is 0 Å². The molecule has 1 aliphatic heterocycles. The minimum Gasteiger partial charge on any atom is -0.462 e. The normalized spacial score (nSPS) is 22.0. The van der Waals surface area contributed by atoms with Crippen LogP contribution in [0.4, 0.5) is 0 Å². The van der Waals surface area contributed by atoms with E-state index >= 15 is 0 Å². The van der Waals surface area contributed by atoms with Gasteiger partial charge in [-0.3, -0.25) is 9.59 Å². The fourth-order valence-corrected chi connectivity index (χ4v) is 5.59. The van der Waals surface area contributed by atoms with Gasteiger partial charge in [-0.05, 0) is 38.5 Å². The fourth-order valence-electron chi connectivity index (χ4n) is 5.59. The molecular formula is C37H68O10. The van der Waals surface area contributed by atoms with Crippen molar-refractivity contribution in [1.29, 1.82) is 0 Å². The van der Waals surface area contributed by atoms with Crippen LogP contribution in [0.5, 0.6) is 0 Å². The molecule has 0 radical (unpaired) electrons. The second-order valence-electron chi connectivity index (χ2n) is 13.0. The molecule has 47 heavy (non-hydrogen) atoms. The molecule has 1 fully saturated rings. The molecule has 0 aromatic rings. The van der Waals surface area contributed by atoms with Crippen molar-refractivity contribution in [3.63, 3.8) is 0 Å². The topological polar surface area (TPSA) is 152 Å². The Hall–Kier alpha value is -1.56. The molecule has 0 aromatic heterocycles. The maximum atomic E-state index is 12.6. The minimum absolute atomic E-state index is 0.217. The molecule has 0 amide bonds. The molecule has 1 heterocycles. The van der Waals surface area contributed by atoms with Gasteiger partial charge in [0, 0.05) is 12.8 Å². The van der Waals surface area contributed by atoms with E-state index in [2.05, 4.69) is 26.0 Å². The molecule has 276 valence electrons. The van der Waals surface area contributed by atoms with Crippen molar-refractivity contribution in [3.05, 3.63) is 12.2 Å². The summed E-state index contributed by atoms with van der Waals surface area (Å²) in [6.07, 6.45) is 19.6. The Labute approximate surface area is 284 Å². The Morgan fingerprint density at radius 3 is 1.66 bits per heavy atom. The average Bonchev–Trinajstić information content (AvgIpc) is 3.06. The Balaban J connectivity index is 2.39. The van der Waals surface area contributed by atoms with E-state index in [-0.39, 0.29) is 32.0 Å². The molecule has 1 rings (SSSR count). The molecule has 6 atom stereocenters. The highest BCUT2D eigenvalue weighted by Gasteiger charge is 2.44. The van der Waals surface area contributed by atoms with Crippen LogP contribution in [0.2, 0.25) is 0 Å². The number of carbonyl (C=O) groups excluding carboxylic acids is 2. The van der Waals surface area contributed by atoms with Gasteiger partial charge in [-0.1, -0.05) is 116 Å². The van der Waals surface area contributed by atoms with Crippen LogP contribution in [-0.4, -0.2) is 89.0 Å². The molecule has 1 saturated heterocycles. The lowest BCUT2D eigenvalue weighted by atomic mass is 9.99. The zero-order chi connectivity index (χ0) is 34.5. The number of hydrogen-bond donors (Lipinski definition) is 4. The first-order chi connectivity index (χ1) is 22.8. The van der Waals surface area contributed by atoms with E-state index in [9.17, 15) is 30.0 Å². The van der Waals surface area contributed by atoms with Gasteiger partial charge in [0.1, 0.15) is 31.0 Å². The summed E-state index contributed by atoms with van der Waals surface area (Å²) in [5.74, 6) is -0.821. The number of esters is 2. The second kappa shape index (κ2) is 29.4. The van der Waals surface area contributed by atoms with Crippen molar-refractivity contribution in [2.24, 2.45) is 0 Å². The third-order valence-corrected chi connectivity index (χ3v) is 8.65. The zero-order valence-corrected chi connectivity index (χ0v) is 29.5. The number of ether oxygens (including phenoxy) is 4. The summed E-state index contributed by atoms with van der Waals surface area (Å²) in [5, 5.41) is 39.8. The van der Waals surface area contributed by atoms with Crippen molar-refractivity contribution in [2.75, 3.05) is 19.8 Å². The Bertz CT molecular complexity index is 789. The molecule has 10 nitrogen and oxygen atoms in total. The van der Waals surface area contributed by atoms with Crippen LogP contribution in [0.25, 0.3) is 0 Å². The third-order valence-electron chi connectivity index (χ3n) is 8.65. The molecule has 4 N–H and O–H groups in total. The molecule has 0 aromatic carbocycles. The molecule has 1 aliphatic rings. The molecule has 0 aliphatic carbocycles. The number of rotatable bonds is 30. The predicted molar refractivity (Wildman–Crippen MR) is 183 cm³/mol. The van der Waals surface area contributed by atoms with Crippen LogP contribution in [0, 0.1) is 0 Å². The molecule has 0 saturated carbocycles. The lowest BCUT2D eigenvalue weighted by Crippen LogP contribution is -2.59. The first kappa shape index (κ1) is 43.5. The molecule has 0 bridgehead atoms. The third kappa shape index (κ3) is 21.9. The van der Waals surface area contributed by atoms with Crippen LogP contribution in [0.15, 0.2) is 12.2 Å². The monoisotopic (exact) mass is 672 g/mol. The zero-order valence-electron chi connectivity index (χ0n) is 29.5. The fraction of sp³-hybridized carbons (Fsp3) is 0.892. The number of carbonyl (C=O) groups is 2. The summed E-state index contributed by atoms with van der Waals surface area (Å²) >= 11 is 0. The van der Waals surface area contributed by atoms with Crippen molar-refractivity contribution in [2.45, 2.75) is 192 Å². The van der Waals surface area contributed by atoms with Crippen LogP contribution >= 0.6 is 0 Å². The number of aliphatic hydroxyl groups is 4. The first-order valence-electron chi connectivity index (χ1n) is 18.8. The van der Waals surface area contributed by atoms with Crippen LogP contribution in [0.3, 0.4) is 0 Å². The average molecular weight is 673 g/mol. The first-order valence-corrected chi connectivity index (χ1v) is 18.8. The highest BCUT2D eigenvalue weighted by molar-refractivity contribution is 5.70. The van der Waals surface area contributed by atoms with E-state index < -0.39 is 49.4 Å². The van der Waals surface area contributed by atoms with Crippen LogP contribution < -0.4 is 0 Å². The van der Waals surface area contributed by atoms with Crippen molar-refractivity contribution in [1.82, 2.24) is 0 Å². The number of allylic oxidation sites excluding steroid dienone is 2. The van der Waals surface area contributed by atoms with E-state index in [0.29, 0.717) is 6.42 Å². The smallest absolute Gasteiger partial charge is 0.306 e. The lowest BCUT2D eigenvalue weighted by molar-refractivity contribution is -0.305. The standard InChI is InChI=1S/C37H68O10/c1-3-5-7-9-11-12-13-14-15-16-17-18-20-22-24-26-33(40)46-30(28-44-32(39)25-23-21-19-10-8-6-4-2)29-45-37-36(43)35(42)34(41)31(27-38)47-37/h14-15,30-31,34-38,41-43H,3-13,16-29H2,1-2H3/b15-14-/t30?,31-,34-,35+,36-,37-/m1/s1. The molecule has 10 heteroatoms. The Morgan fingerprint density at radius 1 is 0.638 bits per heavy atom. The molecular weight excluding hydrogens is 604 g/mol. The van der Waals surface area contributed by atoms with Gasteiger partial charge in [-0.2, -0.15) is 0 Å². The summed E-state index contributed by atoms with van der Waals surface area (Å²) < 4.78 is 22.0. The SMILES string of the molecule is CCCCCCCC/C=C\CCCCCCCC(=O)OC(COC(=O)CCCCCCCCC)CO[C@@H]1O[C@H](CO)[C@@H](O)[C@H](O)[C@H]1O. The van der Waals surface area contributed by atoms with Crippen molar-refractivity contribution >= 4 is 11.9 Å². The van der Waals surface area contributed by atoms with E-state index in [1.165, 1.54) is 64.2 Å². The highest BCUT2D eigenvalue weighted by atomic mass is 16.7. The van der Waals surface area contributed by atoms with Gasteiger partial charge in [-0.25, -0.2) is 0 Å². The van der Waals surface area contributed by atoms with Gasteiger partial charge in [0.15, 0.2) is 12.4 Å². The van der Waals surface area contributed by atoms with Crippen LogP contribution in [-0.2, 0) is 28.5 Å². The summed E-state index contributed by atoms with van der Waals surface area (Å²) in [6, 6.07) is 0. The van der Waals surface area contributed by atoms with Gasteiger partial charge in [0.25, 0.3) is 0 Å². The summed E-state index contributed by atoms with van der Waals surface area (Å²) in [4.78, 5) is 25.0. The maximum absolute atomic E-state index is 12.6. The van der Waals surface area contributed by atoms with Crippen LogP contribution in [0.1, 0.15) is 155 Å². The van der Waals surface area contributed by atoms with Gasteiger partial charge < -0.3 is 39.4 Å². The van der Waals surface area contributed by atoms with E-state index in [1.54, 1.807) is 0 Å². The van der Waals surface area contributed by atoms with E-state index in [0.717, 1.165) is 57.8 Å². The lowest BCUT2D eigenvalue weighted by Gasteiger charge is -2.39. The predicted octanol–water partition coefficient (Wildman–Crippen LogP) is 6.44. The van der Waals surface area contributed by atoms with E-state index in [1.807, 2.05) is 0 Å². The summed E-state index contributed by atoms with van der Waals surface area (Å²) in [5.41, 5.74) is 0. The Morgan fingerprint density at radius 2 is 1.13 bits per heavy atom. The minimum atomic E-state index is -1.59. The van der Waals surface area contributed by atoms with Crippen molar-refractivity contribution < 1.29 is 49.0 Å². The van der Waals surface area contributed by atoms with Gasteiger partial charge in [-0.15, -0.1) is 0 Å². The highest BCUT2D eigenvalue weighted by Crippen LogP contribution is 2.22. The molecule has 1 unspecified atom stereocenters. The summed E-state index contributed by atoms with van der Waals surface area (Å²) in [6.45, 7) is 3.34. The van der Waals surface area contributed by atoms with Gasteiger partial charge >= 0.3 is 11.9 Å². The molecule has 0 spiro atoms. The van der Waals surface area contributed by atoms with Gasteiger partial charge in [0.05, 0.1) is 13.2 Å². The summed E-state index contributed by atoms with van der Waals surface area (Å²) in [7, 11) is 0. The quantitative estimate of drug-likeness (QED) is 0.0381. The largest absolute Gasteiger partial charge is 0.462 e. The van der Waals surface area contributed by atoms with E-state index in [4.69, 9.17) is 18.9 Å². The number of unbranched alkanes of at least 4 members (excludes halogenated alkanes) is 17. The maximum Gasteiger partial charge on any atom is 0.306 e.